The smallest absolute Gasteiger partial charge is 0.230 e. The molecule has 1 aliphatic rings. The van der Waals surface area contributed by atoms with E-state index in [1.165, 1.54) is 0 Å². The van der Waals surface area contributed by atoms with Crippen molar-refractivity contribution in [1.82, 2.24) is 4.98 Å². The standard InChI is InChI=1S/C29H35N3O3/c1-19(2)35-24-14-10-22(11-15-24)21-8-12-23(13-9-21)32(18-27(30)20(3)34-4)29(33)26-17-25(26)28-7-5-6-16-31-28/h5-16,19-20,25-27H,17-18,30H2,1-4H3/t20-,25-,26-,27-/m1/s1. The van der Waals surface area contributed by atoms with Gasteiger partial charge in [0.15, 0.2) is 0 Å². The number of amides is 1. The lowest BCUT2D eigenvalue weighted by Crippen LogP contribution is -2.47. The molecule has 0 unspecified atom stereocenters. The third-order valence-corrected chi connectivity index (χ3v) is 6.55. The number of anilines is 1. The van der Waals surface area contributed by atoms with Crippen molar-refractivity contribution in [1.29, 1.82) is 0 Å². The number of ether oxygens (including phenoxy) is 2. The molecule has 1 amide bonds. The predicted molar refractivity (Wildman–Crippen MR) is 140 cm³/mol. The number of nitrogens with zero attached hydrogens (tertiary/aromatic N) is 2. The molecule has 0 aliphatic heterocycles. The molecular formula is C29H35N3O3. The first kappa shape index (κ1) is 24.9. The summed E-state index contributed by atoms with van der Waals surface area (Å²) in [7, 11) is 1.64. The second-order valence-electron chi connectivity index (χ2n) is 9.49. The Morgan fingerprint density at radius 2 is 1.69 bits per heavy atom. The van der Waals surface area contributed by atoms with Gasteiger partial charge in [-0.2, -0.15) is 0 Å². The quantitative estimate of drug-likeness (QED) is 0.447. The first-order valence-corrected chi connectivity index (χ1v) is 12.2. The molecule has 4 atom stereocenters. The Bertz CT molecular complexity index is 1100. The Hall–Kier alpha value is -3.22. The SMILES string of the molecule is CO[C@H](C)[C@H](N)CN(C(=O)[C@@H]1C[C@H]1c1ccccn1)c1ccc(-c2ccc(OC(C)C)cc2)cc1. The molecule has 6 heteroatoms. The molecule has 0 spiro atoms. The third-order valence-electron chi connectivity index (χ3n) is 6.55. The number of aromatic nitrogens is 1. The average Bonchev–Trinajstić information content (AvgIpc) is 3.68. The fourth-order valence-electron chi connectivity index (χ4n) is 4.28. The van der Waals surface area contributed by atoms with Crippen LogP contribution >= 0.6 is 0 Å². The van der Waals surface area contributed by atoms with Crippen LogP contribution in [-0.4, -0.2) is 42.8 Å². The van der Waals surface area contributed by atoms with Crippen LogP contribution in [0.1, 0.15) is 38.8 Å². The van der Waals surface area contributed by atoms with Crippen molar-refractivity contribution >= 4 is 11.6 Å². The van der Waals surface area contributed by atoms with Crippen LogP contribution in [0.3, 0.4) is 0 Å². The van der Waals surface area contributed by atoms with Gasteiger partial charge in [0.05, 0.1) is 12.2 Å². The van der Waals surface area contributed by atoms with Gasteiger partial charge in [-0.25, -0.2) is 0 Å². The zero-order valence-electron chi connectivity index (χ0n) is 20.9. The predicted octanol–water partition coefficient (Wildman–Crippen LogP) is 5.03. The number of hydrogen-bond donors (Lipinski definition) is 1. The molecule has 0 radical (unpaired) electrons. The Morgan fingerprint density at radius 1 is 1.03 bits per heavy atom. The van der Waals surface area contributed by atoms with E-state index in [-0.39, 0.29) is 36.0 Å². The minimum atomic E-state index is -0.302. The van der Waals surface area contributed by atoms with Crippen molar-refractivity contribution in [2.75, 3.05) is 18.6 Å². The molecule has 1 fully saturated rings. The maximum atomic E-state index is 13.6. The summed E-state index contributed by atoms with van der Waals surface area (Å²) >= 11 is 0. The number of pyridine rings is 1. The maximum Gasteiger partial charge on any atom is 0.230 e. The normalized spacial score (nSPS) is 18.7. The fourth-order valence-corrected chi connectivity index (χ4v) is 4.28. The number of rotatable bonds is 10. The van der Waals surface area contributed by atoms with Gasteiger partial charge in [0, 0.05) is 49.1 Å². The number of nitrogens with two attached hydrogens (primary N) is 1. The maximum absolute atomic E-state index is 13.6. The van der Waals surface area contributed by atoms with Gasteiger partial charge >= 0.3 is 0 Å². The summed E-state index contributed by atoms with van der Waals surface area (Å²) in [5, 5.41) is 0. The Balaban J connectivity index is 1.53. The molecule has 2 aromatic carbocycles. The third kappa shape index (κ3) is 6.08. The second-order valence-corrected chi connectivity index (χ2v) is 9.49. The van der Waals surface area contributed by atoms with Gasteiger partial charge in [0.2, 0.25) is 5.91 Å². The lowest BCUT2D eigenvalue weighted by Gasteiger charge is -2.29. The van der Waals surface area contributed by atoms with Crippen molar-refractivity contribution in [3.63, 3.8) is 0 Å². The molecule has 0 bridgehead atoms. The van der Waals surface area contributed by atoms with Crippen molar-refractivity contribution in [3.05, 3.63) is 78.6 Å². The molecule has 1 aromatic heterocycles. The van der Waals surface area contributed by atoms with Crippen LogP contribution in [0.4, 0.5) is 5.69 Å². The molecule has 2 N–H and O–H groups in total. The van der Waals surface area contributed by atoms with Gasteiger partial charge in [-0.15, -0.1) is 0 Å². The molecule has 1 aliphatic carbocycles. The molecule has 1 heterocycles. The summed E-state index contributed by atoms with van der Waals surface area (Å²) in [5.74, 6) is 1.02. The fraction of sp³-hybridized carbons (Fsp3) is 0.379. The van der Waals surface area contributed by atoms with Crippen molar-refractivity contribution < 1.29 is 14.3 Å². The van der Waals surface area contributed by atoms with Crippen molar-refractivity contribution in [2.24, 2.45) is 11.7 Å². The van der Waals surface area contributed by atoms with Crippen LogP contribution in [0.2, 0.25) is 0 Å². The van der Waals surface area contributed by atoms with Gasteiger partial charge < -0.3 is 20.1 Å². The first-order chi connectivity index (χ1) is 16.9. The number of hydrogen-bond acceptors (Lipinski definition) is 5. The largest absolute Gasteiger partial charge is 0.491 e. The van der Waals surface area contributed by atoms with E-state index in [4.69, 9.17) is 15.2 Å². The Labute approximate surface area is 208 Å². The van der Waals surface area contributed by atoms with E-state index in [1.807, 2.05) is 92.4 Å². The van der Waals surface area contributed by atoms with Crippen molar-refractivity contribution in [3.8, 4) is 16.9 Å². The minimum Gasteiger partial charge on any atom is -0.491 e. The highest BCUT2D eigenvalue weighted by molar-refractivity contribution is 5.97. The van der Waals surface area contributed by atoms with Gasteiger partial charge in [0.1, 0.15) is 5.75 Å². The van der Waals surface area contributed by atoms with Crippen LogP contribution in [0.5, 0.6) is 5.75 Å². The molecule has 6 nitrogen and oxygen atoms in total. The molecule has 1 saturated carbocycles. The van der Waals surface area contributed by atoms with E-state index in [1.54, 1.807) is 13.3 Å². The molecule has 35 heavy (non-hydrogen) atoms. The Morgan fingerprint density at radius 3 is 2.26 bits per heavy atom. The molecular weight excluding hydrogens is 438 g/mol. The van der Waals surface area contributed by atoms with E-state index in [2.05, 4.69) is 4.98 Å². The van der Waals surface area contributed by atoms with Crippen LogP contribution in [0.15, 0.2) is 72.9 Å². The number of carbonyl (C=O) groups is 1. The van der Waals surface area contributed by atoms with Crippen molar-refractivity contribution in [2.45, 2.75) is 51.4 Å². The average molecular weight is 474 g/mol. The van der Waals surface area contributed by atoms with Gasteiger partial charge in [-0.3, -0.25) is 9.78 Å². The number of methoxy groups -OCH3 is 1. The number of benzene rings is 2. The first-order valence-electron chi connectivity index (χ1n) is 12.2. The summed E-state index contributed by atoms with van der Waals surface area (Å²) in [6.45, 7) is 6.34. The van der Waals surface area contributed by atoms with E-state index >= 15 is 0 Å². The second kappa shape index (κ2) is 11.0. The van der Waals surface area contributed by atoms with E-state index < -0.39 is 0 Å². The minimum absolute atomic E-state index is 0.0804. The van der Waals surface area contributed by atoms with Crippen LogP contribution in [-0.2, 0) is 9.53 Å². The van der Waals surface area contributed by atoms with Gasteiger partial charge in [-0.1, -0.05) is 30.3 Å². The molecule has 184 valence electrons. The highest BCUT2D eigenvalue weighted by atomic mass is 16.5. The molecule has 0 saturated heterocycles. The Kier molecular flexibility index (Phi) is 7.83. The highest BCUT2D eigenvalue weighted by Crippen LogP contribution is 2.48. The van der Waals surface area contributed by atoms with Gasteiger partial charge in [-0.05, 0) is 74.7 Å². The van der Waals surface area contributed by atoms with E-state index in [0.717, 1.165) is 34.7 Å². The summed E-state index contributed by atoms with van der Waals surface area (Å²) < 4.78 is 11.2. The zero-order valence-corrected chi connectivity index (χ0v) is 20.9. The highest BCUT2D eigenvalue weighted by Gasteiger charge is 2.47. The zero-order chi connectivity index (χ0) is 24.9. The summed E-state index contributed by atoms with van der Waals surface area (Å²) in [6, 6.07) is 21.7. The lowest BCUT2D eigenvalue weighted by atomic mass is 10.0. The lowest BCUT2D eigenvalue weighted by molar-refractivity contribution is -0.120. The van der Waals surface area contributed by atoms with E-state index in [9.17, 15) is 4.79 Å². The van der Waals surface area contributed by atoms with Crippen LogP contribution in [0, 0.1) is 5.92 Å². The van der Waals surface area contributed by atoms with Crippen LogP contribution in [0.25, 0.3) is 11.1 Å². The topological polar surface area (TPSA) is 77.7 Å². The van der Waals surface area contributed by atoms with Crippen LogP contribution < -0.4 is 15.4 Å². The van der Waals surface area contributed by atoms with E-state index in [0.29, 0.717) is 6.54 Å². The monoisotopic (exact) mass is 473 g/mol. The molecule has 3 aromatic rings. The number of carbonyl (C=O) groups excluding carboxylic acids is 1. The van der Waals surface area contributed by atoms with Gasteiger partial charge in [0.25, 0.3) is 0 Å². The summed E-state index contributed by atoms with van der Waals surface area (Å²) in [6.07, 6.45) is 2.56. The summed E-state index contributed by atoms with van der Waals surface area (Å²) in [4.78, 5) is 19.9. The summed E-state index contributed by atoms with van der Waals surface area (Å²) in [5.41, 5.74) is 10.4. The molecule has 4 rings (SSSR count).